The molecule has 4 heteroatoms. The number of aryl methyl sites for hydroxylation is 1. The minimum Gasteiger partial charge on any atom is -0.324 e. The van der Waals surface area contributed by atoms with Gasteiger partial charge in [0.1, 0.15) is 5.82 Å². The molecule has 1 aliphatic carbocycles. The molecule has 1 aromatic carbocycles. The van der Waals surface area contributed by atoms with E-state index in [1.807, 2.05) is 6.07 Å². The second kappa shape index (κ2) is 3.95. The van der Waals surface area contributed by atoms with Crippen LogP contribution in [-0.4, -0.2) is 0 Å². The van der Waals surface area contributed by atoms with Crippen molar-refractivity contribution in [3.63, 3.8) is 0 Å². The Kier molecular flexibility index (Phi) is 3.33. The average molecular weight is 267 g/mol. The Morgan fingerprint density at radius 1 is 1.46 bits per heavy atom. The largest absolute Gasteiger partial charge is 0.324 e. The van der Waals surface area contributed by atoms with Crippen LogP contribution in [0.2, 0.25) is 0 Å². The second-order valence-corrected chi connectivity index (χ2v) is 3.96. The van der Waals surface area contributed by atoms with E-state index in [2.05, 4.69) is 15.9 Å². The maximum atomic E-state index is 13.0. The minimum atomic E-state index is -0.217. The highest BCUT2D eigenvalue weighted by atomic mass is 79.9. The monoisotopic (exact) mass is 265 g/mol. The van der Waals surface area contributed by atoms with Gasteiger partial charge in [-0.15, -0.1) is 12.4 Å². The number of fused-ring (bicyclic) bond motifs is 1. The molecule has 1 nitrogen and oxygen atoms in total. The fraction of sp³-hybridized carbons (Fsp3) is 0.333. The van der Waals surface area contributed by atoms with Crippen molar-refractivity contribution in [2.24, 2.45) is 5.73 Å². The lowest BCUT2D eigenvalue weighted by Gasteiger charge is -2.04. The standard InChI is InChI=1S/C9H9BrFN.ClH/c10-7-3-5-1-2-9(12)6(5)4-8(7)11;/h3-4,9H,1-2,12H2;1H/t9-;/m1./s1. The molecule has 0 aliphatic heterocycles. The van der Waals surface area contributed by atoms with Gasteiger partial charge < -0.3 is 5.73 Å². The summed E-state index contributed by atoms with van der Waals surface area (Å²) in [4.78, 5) is 0. The SMILES string of the molecule is Cl.N[C@@H]1CCc2cc(Br)c(F)cc21. The van der Waals surface area contributed by atoms with Crippen LogP contribution >= 0.6 is 28.3 Å². The van der Waals surface area contributed by atoms with Gasteiger partial charge >= 0.3 is 0 Å². The summed E-state index contributed by atoms with van der Waals surface area (Å²) in [5.74, 6) is -0.217. The van der Waals surface area contributed by atoms with Crippen LogP contribution in [0.25, 0.3) is 0 Å². The van der Waals surface area contributed by atoms with Crippen molar-refractivity contribution in [1.82, 2.24) is 0 Å². The van der Waals surface area contributed by atoms with Crippen molar-refractivity contribution < 1.29 is 4.39 Å². The highest BCUT2D eigenvalue weighted by molar-refractivity contribution is 9.10. The van der Waals surface area contributed by atoms with Crippen molar-refractivity contribution in [2.45, 2.75) is 18.9 Å². The maximum Gasteiger partial charge on any atom is 0.137 e. The van der Waals surface area contributed by atoms with Gasteiger partial charge in [-0.1, -0.05) is 0 Å². The number of halogens is 3. The topological polar surface area (TPSA) is 26.0 Å². The van der Waals surface area contributed by atoms with Gasteiger partial charge in [-0.05, 0) is 52.0 Å². The first-order valence-corrected chi connectivity index (χ1v) is 4.71. The molecule has 1 aliphatic rings. The normalized spacial score (nSPS) is 19.5. The molecule has 0 aromatic heterocycles. The third-order valence-electron chi connectivity index (χ3n) is 2.31. The van der Waals surface area contributed by atoms with Crippen LogP contribution < -0.4 is 5.73 Å². The summed E-state index contributed by atoms with van der Waals surface area (Å²) in [6, 6.07) is 3.40. The molecule has 0 spiro atoms. The molecule has 0 heterocycles. The first kappa shape index (κ1) is 11.0. The second-order valence-electron chi connectivity index (χ2n) is 3.11. The van der Waals surface area contributed by atoms with Crippen LogP contribution in [0.1, 0.15) is 23.6 Å². The molecule has 0 saturated heterocycles. The summed E-state index contributed by atoms with van der Waals surface area (Å²) in [6.45, 7) is 0. The first-order chi connectivity index (χ1) is 5.68. The van der Waals surface area contributed by atoms with E-state index in [9.17, 15) is 4.39 Å². The fourth-order valence-electron chi connectivity index (χ4n) is 1.63. The highest BCUT2D eigenvalue weighted by Crippen LogP contribution is 2.32. The minimum absolute atomic E-state index is 0. The average Bonchev–Trinajstić information content (AvgIpc) is 2.35. The molecule has 0 fully saturated rings. The summed E-state index contributed by atoms with van der Waals surface area (Å²) in [5.41, 5.74) is 7.93. The molecule has 0 radical (unpaired) electrons. The molecule has 72 valence electrons. The van der Waals surface area contributed by atoms with Gasteiger partial charge in [-0.25, -0.2) is 4.39 Å². The van der Waals surface area contributed by atoms with E-state index in [0.717, 1.165) is 18.4 Å². The van der Waals surface area contributed by atoms with E-state index in [4.69, 9.17) is 5.73 Å². The van der Waals surface area contributed by atoms with E-state index in [1.54, 1.807) is 0 Å². The summed E-state index contributed by atoms with van der Waals surface area (Å²) in [6.07, 6.45) is 1.90. The predicted octanol–water partition coefficient (Wildman–Crippen LogP) is 2.96. The van der Waals surface area contributed by atoms with Crippen molar-refractivity contribution in [2.75, 3.05) is 0 Å². The van der Waals surface area contributed by atoms with E-state index >= 15 is 0 Å². The van der Waals surface area contributed by atoms with Gasteiger partial charge in [-0.3, -0.25) is 0 Å². The molecule has 1 aromatic rings. The van der Waals surface area contributed by atoms with E-state index in [1.165, 1.54) is 11.6 Å². The number of benzene rings is 1. The molecule has 0 unspecified atom stereocenters. The van der Waals surface area contributed by atoms with Gasteiger partial charge in [0, 0.05) is 6.04 Å². The lowest BCUT2D eigenvalue weighted by atomic mass is 10.1. The molecule has 0 bridgehead atoms. The lowest BCUT2D eigenvalue weighted by molar-refractivity contribution is 0.615. The molecular formula is C9H10BrClFN. The number of hydrogen-bond acceptors (Lipinski definition) is 1. The summed E-state index contributed by atoms with van der Waals surface area (Å²) >= 11 is 3.15. The Morgan fingerprint density at radius 2 is 2.15 bits per heavy atom. The smallest absolute Gasteiger partial charge is 0.137 e. The molecule has 0 saturated carbocycles. The molecule has 2 rings (SSSR count). The maximum absolute atomic E-state index is 13.0. The number of hydrogen-bond donors (Lipinski definition) is 1. The van der Waals surface area contributed by atoms with Crippen LogP contribution in [0.3, 0.4) is 0 Å². The summed E-state index contributed by atoms with van der Waals surface area (Å²) in [7, 11) is 0. The zero-order valence-corrected chi connectivity index (χ0v) is 9.29. The van der Waals surface area contributed by atoms with Crippen LogP contribution in [-0.2, 0) is 6.42 Å². The van der Waals surface area contributed by atoms with E-state index in [-0.39, 0.29) is 24.3 Å². The molecule has 1 atom stereocenters. The van der Waals surface area contributed by atoms with Crippen molar-refractivity contribution in [3.05, 3.63) is 33.5 Å². The Hall–Kier alpha value is -0.120. The van der Waals surface area contributed by atoms with Crippen LogP contribution in [0, 0.1) is 5.82 Å². The number of rotatable bonds is 0. The third-order valence-corrected chi connectivity index (χ3v) is 2.91. The summed E-state index contributed by atoms with van der Waals surface area (Å²) < 4.78 is 13.6. The van der Waals surface area contributed by atoms with Gasteiger partial charge in [0.25, 0.3) is 0 Å². The highest BCUT2D eigenvalue weighted by Gasteiger charge is 2.20. The van der Waals surface area contributed by atoms with Crippen LogP contribution in [0.4, 0.5) is 4.39 Å². The van der Waals surface area contributed by atoms with Gasteiger partial charge in [-0.2, -0.15) is 0 Å². The van der Waals surface area contributed by atoms with Crippen molar-refractivity contribution in [3.8, 4) is 0 Å². The van der Waals surface area contributed by atoms with Crippen LogP contribution in [0.15, 0.2) is 16.6 Å². The van der Waals surface area contributed by atoms with Crippen molar-refractivity contribution in [1.29, 1.82) is 0 Å². The number of nitrogens with two attached hydrogens (primary N) is 1. The van der Waals surface area contributed by atoms with E-state index in [0.29, 0.717) is 4.47 Å². The Labute approximate surface area is 91.0 Å². The Morgan fingerprint density at radius 3 is 2.85 bits per heavy atom. The summed E-state index contributed by atoms with van der Waals surface area (Å²) in [5, 5.41) is 0. The van der Waals surface area contributed by atoms with Gasteiger partial charge in [0.2, 0.25) is 0 Å². The van der Waals surface area contributed by atoms with Gasteiger partial charge in [0.05, 0.1) is 4.47 Å². The molecule has 13 heavy (non-hydrogen) atoms. The lowest BCUT2D eigenvalue weighted by Crippen LogP contribution is -2.05. The fourth-order valence-corrected chi connectivity index (χ4v) is 2.02. The van der Waals surface area contributed by atoms with Crippen molar-refractivity contribution >= 4 is 28.3 Å². The molecule has 0 amide bonds. The zero-order valence-electron chi connectivity index (χ0n) is 6.89. The molecular weight excluding hydrogens is 256 g/mol. The van der Waals surface area contributed by atoms with Crippen LogP contribution in [0.5, 0.6) is 0 Å². The van der Waals surface area contributed by atoms with E-state index < -0.39 is 0 Å². The molecule has 2 N–H and O–H groups in total. The third kappa shape index (κ3) is 1.87. The predicted molar refractivity (Wildman–Crippen MR) is 56.6 cm³/mol. The zero-order chi connectivity index (χ0) is 8.72. The Bertz CT molecular complexity index is 330. The quantitative estimate of drug-likeness (QED) is 0.768. The van der Waals surface area contributed by atoms with Gasteiger partial charge in [0.15, 0.2) is 0 Å². The first-order valence-electron chi connectivity index (χ1n) is 3.92. The Balaban J connectivity index is 0.000000845.